The fraction of sp³-hybridized carbons (Fsp3) is 0.263. The van der Waals surface area contributed by atoms with Gasteiger partial charge >= 0.3 is 0 Å². The fourth-order valence-corrected chi connectivity index (χ4v) is 3.39. The second-order valence-corrected chi connectivity index (χ2v) is 6.93. The summed E-state index contributed by atoms with van der Waals surface area (Å²) in [6.45, 7) is 2.73. The molecule has 1 aliphatic heterocycles. The zero-order valence-electron chi connectivity index (χ0n) is 15.4. The van der Waals surface area contributed by atoms with Crippen LogP contribution in [-0.4, -0.2) is 54.6 Å². The predicted octanol–water partition coefficient (Wildman–Crippen LogP) is 1.76. The molecule has 0 saturated carbocycles. The molecule has 0 atom stereocenters. The normalized spacial score (nSPS) is 14.2. The van der Waals surface area contributed by atoms with Gasteiger partial charge in [-0.1, -0.05) is 0 Å². The van der Waals surface area contributed by atoms with Crippen LogP contribution in [0.2, 0.25) is 0 Å². The summed E-state index contributed by atoms with van der Waals surface area (Å²) < 4.78 is 1.75. The zero-order chi connectivity index (χ0) is 18.9. The van der Waals surface area contributed by atoms with Gasteiger partial charge in [0.05, 0.1) is 11.1 Å². The number of nitrogens with zero attached hydrogens (tertiary/aromatic N) is 8. The van der Waals surface area contributed by atoms with E-state index in [4.69, 9.17) is 0 Å². The summed E-state index contributed by atoms with van der Waals surface area (Å²) in [5, 5.41) is 17.4. The molecule has 9 nitrogen and oxygen atoms in total. The van der Waals surface area contributed by atoms with Crippen LogP contribution in [0.1, 0.15) is 0 Å². The Morgan fingerprint density at radius 2 is 1.93 bits per heavy atom. The number of pyridine rings is 1. The first-order valence-corrected chi connectivity index (χ1v) is 9.13. The van der Waals surface area contributed by atoms with E-state index in [1.807, 2.05) is 37.5 Å². The number of hydrogen-bond acceptors (Lipinski definition) is 8. The Labute approximate surface area is 161 Å². The molecule has 1 fully saturated rings. The maximum atomic E-state index is 4.38. The Kier molecular flexibility index (Phi) is 4.04. The number of anilines is 2. The molecule has 0 aliphatic carbocycles. The second-order valence-electron chi connectivity index (χ2n) is 6.93. The molecule has 28 heavy (non-hydrogen) atoms. The Bertz CT molecular complexity index is 1090. The first-order chi connectivity index (χ1) is 13.8. The van der Waals surface area contributed by atoms with Crippen LogP contribution in [0, 0.1) is 5.92 Å². The highest BCUT2D eigenvalue weighted by Crippen LogP contribution is 2.25. The molecule has 0 amide bonds. The number of nitrogens with one attached hydrogen (secondary N) is 1. The summed E-state index contributed by atoms with van der Waals surface area (Å²) in [5.41, 5.74) is 2.58. The number of aryl methyl sites for hydroxylation is 1. The first kappa shape index (κ1) is 16.5. The average Bonchev–Trinajstić information content (AvgIpc) is 3.09. The molecule has 5 heterocycles. The van der Waals surface area contributed by atoms with E-state index in [1.54, 1.807) is 23.4 Å². The standard InChI is InChI=1S/C19H19N9/c1-27-11-15-18(22-12-23-19(15)26-27)21-8-13-9-28(10-13)17-3-2-16(24-25-17)14-4-6-20-7-5-14/h2-7,11-13H,8-10H2,1H3,(H,21,22,23,26). The third-order valence-corrected chi connectivity index (χ3v) is 4.90. The van der Waals surface area contributed by atoms with Crippen molar-refractivity contribution in [3.8, 4) is 11.3 Å². The van der Waals surface area contributed by atoms with Gasteiger partial charge in [0.15, 0.2) is 11.5 Å². The molecule has 0 aromatic carbocycles. The summed E-state index contributed by atoms with van der Waals surface area (Å²) >= 11 is 0. The van der Waals surface area contributed by atoms with Crippen LogP contribution in [0.15, 0.2) is 49.2 Å². The van der Waals surface area contributed by atoms with Crippen molar-refractivity contribution >= 4 is 22.7 Å². The van der Waals surface area contributed by atoms with Gasteiger partial charge in [-0.3, -0.25) is 9.67 Å². The van der Waals surface area contributed by atoms with Crippen molar-refractivity contribution in [3.63, 3.8) is 0 Å². The van der Waals surface area contributed by atoms with Crippen molar-refractivity contribution in [2.75, 3.05) is 29.9 Å². The highest BCUT2D eigenvalue weighted by Gasteiger charge is 2.28. The summed E-state index contributed by atoms with van der Waals surface area (Å²) in [5.74, 6) is 2.27. The SMILES string of the molecule is Cn1cc2c(NCC3CN(c4ccc(-c5ccncc5)nn4)C3)ncnc2n1. The van der Waals surface area contributed by atoms with Gasteiger partial charge in [-0.25, -0.2) is 9.97 Å². The van der Waals surface area contributed by atoms with Crippen LogP contribution in [0.25, 0.3) is 22.3 Å². The maximum absolute atomic E-state index is 4.38. The van der Waals surface area contributed by atoms with Gasteiger partial charge in [-0.05, 0) is 24.3 Å². The largest absolute Gasteiger partial charge is 0.369 e. The Morgan fingerprint density at radius 1 is 1.07 bits per heavy atom. The number of fused-ring (bicyclic) bond motifs is 1. The molecule has 1 N–H and O–H groups in total. The monoisotopic (exact) mass is 373 g/mol. The van der Waals surface area contributed by atoms with Crippen LogP contribution in [0.5, 0.6) is 0 Å². The Hall–Kier alpha value is -3.62. The molecule has 4 aromatic rings. The summed E-state index contributed by atoms with van der Waals surface area (Å²) in [7, 11) is 1.89. The number of aromatic nitrogens is 7. The molecule has 1 aliphatic rings. The van der Waals surface area contributed by atoms with Gasteiger partial charge in [0.25, 0.3) is 0 Å². The van der Waals surface area contributed by atoms with E-state index in [0.29, 0.717) is 11.6 Å². The fourth-order valence-electron chi connectivity index (χ4n) is 3.39. The van der Waals surface area contributed by atoms with Gasteiger partial charge in [-0.2, -0.15) is 5.10 Å². The van der Waals surface area contributed by atoms with Gasteiger partial charge in [0.1, 0.15) is 12.1 Å². The smallest absolute Gasteiger partial charge is 0.186 e. The van der Waals surface area contributed by atoms with Crippen LogP contribution in [0.3, 0.4) is 0 Å². The van der Waals surface area contributed by atoms with Crippen molar-refractivity contribution in [3.05, 3.63) is 49.2 Å². The lowest BCUT2D eigenvalue weighted by Gasteiger charge is -2.40. The minimum Gasteiger partial charge on any atom is -0.369 e. The molecule has 0 unspecified atom stereocenters. The van der Waals surface area contributed by atoms with Crippen molar-refractivity contribution in [2.24, 2.45) is 13.0 Å². The summed E-state index contributed by atoms with van der Waals surface area (Å²) in [6, 6.07) is 7.89. The van der Waals surface area contributed by atoms with Crippen LogP contribution >= 0.6 is 0 Å². The van der Waals surface area contributed by atoms with Crippen molar-refractivity contribution < 1.29 is 0 Å². The molecular weight excluding hydrogens is 354 g/mol. The van der Waals surface area contributed by atoms with Crippen LogP contribution in [-0.2, 0) is 7.05 Å². The zero-order valence-corrected chi connectivity index (χ0v) is 15.4. The Balaban J connectivity index is 1.18. The van der Waals surface area contributed by atoms with Crippen LogP contribution < -0.4 is 10.2 Å². The minimum atomic E-state index is 0.531. The molecule has 4 aromatic heterocycles. The van der Waals surface area contributed by atoms with E-state index in [-0.39, 0.29) is 0 Å². The maximum Gasteiger partial charge on any atom is 0.186 e. The topological polar surface area (TPSA) is 97.5 Å². The molecule has 0 bridgehead atoms. The van der Waals surface area contributed by atoms with Crippen molar-refractivity contribution in [2.45, 2.75) is 0 Å². The van der Waals surface area contributed by atoms with Gasteiger partial charge in [-0.15, -0.1) is 10.2 Å². The average molecular weight is 373 g/mol. The highest BCUT2D eigenvalue weighted by molar-refractivity contribution is 5.85. The lowest BCUT2D eigenvalue weighted by Crippen LogP contribution is -2.50. The molecule has 0 radical (unpaired) electrons. The van der Waals surface area contributed by atoms with Crippen LogP contribution in [0.4, 0.5) is 11.6 Å². The minimum absolute atomic E-state index is 0.531. The van der Waals surface area contributed by atoms with E-state index < -0.39 is 0 Å². The van der Waals surface area contributed by atoms with Gasteiger partial charge in [0.2, 0.25) is 0 Å². The number of hydrogen-bond donors (Lipinski definition) is 1. The van der Waals surface area contributed by atoms with Crippen molar-refractivity contribution in [1.82, 2.24) is 34.9 Å². The molecule has 5 rings (SSSR count). The third-order valence-electron chi connectivity index (χ3n) is 4.90. The van der Waals surface area contributed by atoms with Crippen molar-refractivity contribution in [1.29, 1.82) is 0 Å². The Morgan fingerprint density at radius 3 is 2.71 bits per heavy atom. The van der Waals surface area contributed by atoms with E-state index >= 15 is 0 Å². The quantitative estimate of drug-likeness (QED) is 0.565. The molecule has 1 saturated heterocycles. The molecule has 9 heteroatoms. The lowest BCUT2D eigenvalue weighted by molar-refractivity contribution is 0.425. The van der Waals surface area contributed by atoms with E-state index in [0.717, 1.165) is 47.9 Å². The predicted molar refractivity (Wildman–Crippen MR) is 106 cm³/mol. The summed E-state index contributed by atoms with van der Waals surface area (Å²) in [6.07, 6.45) is 7.00. The van der Waals surface area contributed by atoms with Gasteiger partial charge < -0.3 is 10.2 Å². The first-order valence-electron chi connectivity index (χ1n) is 9.13. The molecule has 0 spiro atoms. The van der Waals surface area contributed by atoms with Gasteiger partial charge in [0, 0.05) is 56.8 Å². The third kappa shape index (κ3) is 3.11. The molecule has 140 valence electrons. The molecular formula is C19H19N9. The number of rotatable bonds is 5. The van der Waals surface area contributed by atoms with E-state index in [2.05, 4.69) is 40.5 Å². The van der Waals surface area contributed by atoms with E-state index in [1.165, 1.54) is 0 Å². The lowest BCUT2D eigenvalue weighted by atomic mass is 10.00. The summed E-state index contributed by atoms with van der Waals surface area (Å²) in [4.78, 5) is 14.8. The van der Waals surface area contributed by atoms with E-state index in [9.17, 15) is 0 Å². The second kappa shape index (κ2) is 6.84. The highest BCUT2D eigenvalue weighted by atomic mass is 15.3.